The van der Waals surface area contributed by atoms with E-state index in [-0.39, 0.29) is 5.92 Å². The van der Waals surface area contributed by atoms with Gasteiger partial charge in [0.15, 0.2) is 0 Å². The van der Waals surface area contributed by atoms with Crippen LogP contribution in [0.5, 0.6) is 0 Å². The highest BCUT2D eigenvalue weighted by molar-refractivity contribution is 6.30. The van der Waals surface area contributed by atoms with Crippen molar-refractivity contribution in [1.29, 1.82) is 0 Å². The zero-order chi connectivity index (χ0) is 11.5. The van der Waals surface area contributed by atoms with Crippen molar-refractivity contribution in [3.63, 3.8) is 0 Å². The maximum absolute atomic E-state index is 12.1. The molecular weight excluding hydrogens is 222 g/mol. The van der Waals surface area contributed by atoms with E-state index < -0.39 is 0 Å². The third kappa shape index (κ3) is 2.63. The lowest BCUT2D eigenvalue weighted by molar-refractivity contribution is -0.122. The van der Waals surface area contributed by atoms with Crippen molar-refractivity contribution >= 4 is 17.4 Å². The van der Waals surface area contributed by atoms with Crippen molar-refractivity contribution in [3.05, 3.63) is 34.9 Å². The summed E-state index contributed by atoms with van der Waals surface area (Å²) in [5.74, 6) is 0.485. The zero-order valence-corrected chi connectivity index (χ0v) is 10.1. The molecule has 0 amide bonds. The van der Waals surface area contributed by atoms with E-state index in [1.54, 1.807) is 0 Å². The van der Waals surface area contributed by atoms with Gasteiger partial charge in [0.2, 0.25) is 0 Å². The lowest BCUT2D eigenvalue weighted by Crippen LogP contribution is -2.29. The third-order valence-electron chi connectivity index (χ3n) is 3.21. The summed E-state index contributed by atoms with van der Waals surface area (Å²) >= 11 is 5.89. The quantitative estimate of drug-likeness (QED) is 0.875. The Labute approximate surface area is 101 Å². The number of carbonyl (C=O) groups excluding carboxylic acids is 1. The Morgan fingerprint density at radius 3 is 3.00 bits per heavy atom. The van der Waals surface area contributed by atoms with Gasteiger partial charge >= 0.3 is 0 Å². The van der Waals surface area contributed by atoms with Gasteiger partial charge in [-0.25, -0.2) is 0 Å². The van der Waals surface area contributed by atoms with Crippen molar-refractivity contribution in [2.24, 2.45) is 5.92 Å². The van der Waals surface area contributed by atoms with Crippen LogP contribution < -0.4 is 5.32 Å². The average Bonchev–Trinajstić information content (AvgIpc) is 2.64. The Morgan fingerprint density at radius 2 is 2.38 bits per heavy atom. The van der Waals surface area contributed by atoms with E-state index in [4.69, 9.17) is 11.6 Å². The molecule has 2 atom stereocenters. The lowest BCUT2D eigenvalue weighted by Gasteiger charge is -2.13. The highest BCUT2D eigenvalue weighted by Crippen LogP contribution is 2.19. The average molecular weight is 238 g/mol. The maximum atomic E-state index is 12.1. The van der Waals surface area contributed by atoms with Crippen LogP contribution in [0.2, 0.25) is 5.02 Å². The number of halogens is 1. The van der Waals surface area contributed by atoms with E-state index in [0.29, 0.717) is 23.3 Å². The molecule has 0 aliphatic carbocycles. The topological polar surface area (TPSA) is 29.1 Å². The van der Waals surface area contributed by atoms with Crippen LogP contribution in [-0.4, -0.2) is 18.4 Å². The number of benzene rings is 1. The van der Waals surface area contributed by atoms with Crippen LogP contribution in [0.3, 0.4) is 0 Å². The molecular formula is C13H16ClNO. The standard InChI is InChI=1S/C13H16ClNO/c1-9-12(5-6-15-9)13(16)8-10-3-2-4-11(14)7-10/h2-4,7,9,12,15H,5-6,8H2,1H3. The predicted octanol–water partition coefficient (Wildman–Crippen LogP) is 2.45. The Kier molecular flexibility index (Phi) is 3.62. The van der Waals surface area contributed by atoms with Gasteiger partial charge in [-0.2, -0.15) is 0 Å². The van der Waals surface area contributed by atoms with Gasteiger partial charge in [-0.3, -0.25) is 4.79 Å². The van der Waals surface area contributed by atoms with Crippen molar-refractivity contribution in [3.8, 4) is 0 Å². The molecule has 1 aliphatic heterocycles. The van der Waals surface area contributed by atoms with Gasteiger partial charge in [-0.15, -0.1) is 0 Å². The Bertz CT molecular complexity index is 391. The van der Waals surface area contributed by atoms with Gasteiger partial charge in [0.25, 0.3) is 0 Å². The third-order valence-corrected chi connectivity index (χ3v) is 3.44. The number of ketones is 1. The van der Waals surface area contributed by atoms with Crippen LogP contribution in [0.1, 0.15) is 18.9 Å². The Morgan fingerprint density at radius 1 is 1.56 bits per heavy atom. The summed E-state index contributed by atoms with van der Waals surface area (Å²) in [5.41, 5.74) is 1.01. The van der Waals surface area contributed by atoms with Gasteiger partial charge < -0.3 is 5.32 Å². The van der Waals surface area contributed by atoms with Gasteiger partial charge in [-0.1, -0.05) is 23.7 Å². The van der Waals surface area contributed by atoms with Gasteiger partial charge in [0.1, 0.15) is 5.78 Å². The van der Waals surface area contributed by atoms with E-state index in [1.165, 1.54) is 0 Å². The molecule has 1 heterocycles. The smallest absolute Gasteiger partial charge is 0.141 e. The van der Waals surface area contributed by atoms with Crippen LogP contribution in [0.15, 0.2) is 24.3 Å². The minimum absolute atomic E-state index is 0.166. The Hall–Kier alpha value is -0.860. The number of hydrogen-bond donors (Lipinski definition) is 1. The summed E-state index contributed by atoms with van der Waals surface area (Å²) in [4.78, 5) is 12.1. The molecule has 0 saturated carbocycles. The zero-order valence-electron chi connectivity index (χ0n) is 9.37. The highest BCUT2D eigenvalue weighted by atomic mass is 35.5. The molecule has 0 spiro atoms. The first kappa shape index (κ1) is 11.6. The molecule has 3 heteroatoms. The lowest BCUT2D eigenvalue weighted by atomic mass is 9.92. The van der Waals surface area contributed by atoms with Crippen molar-refractivity contribution in [1.82, 2.24) is 5.32 Å². The molecule has 2 nitrogen and oxygen atoms in total. The van der Waals surface area contributed by atoms with Gasteiger partial charge in [0, 0.05) is 23.4 Å². The van der Waals surface area contributed by atoms with Crippen molar-refractivity contribution in [2.45, 2.75) is 25.8 Å². The van der Waals surface area contributed by atoms with E-state index in [9.17, 15) is 4.79 Å². The van der Waals surface area contributed by atoms with Crippen LogP contribution in [0, 0.1) is 5.92 Å². The molecule has 86 valence electrons. The molecule has 2 unspecified atom stereocenters. The second-order valence-corrected chi connectivity index (χ2v) is 4.85. The van der Waals surface area contributed by atoms with Crippen molar-refractivity contribution < 1.29 is 4.79 Å². The minimum atomic E-state index is 0.166. The summed E-state index contributed by atoms with van der Waals surface area (Å²) in [7, 11) is 0. The summed E-state index contributed by atoms with van der Waals surface area (Å²) in [6.45, 7) is 3.03. The summed E-state index contributed by atoms with van der Waals surface area (Å²) < 4.78 is 0. The van der Waals surface area contributed by atoms with E-state index in [2.05, 4.69) is 12.2 Å². The number of carbonyl (C=O) groups is 1. The molecule has 0 bridgehead atoms. The summed E-state index contributed by atoms with van der Waals surface area (Å²) in [6.07, 6.45) is 1.46. The molecule has 16 heavy (non-hydrogen) atoms. The summed E-state index contributed by atoms with van der Waals surface area (Å²) in [5, 5.41) is 4.00. The van der Waals surface area contributed by atoms with E-state index >= 15 is 0 Å². The minimum Gasteiger partial charge on any atom is -0.314 e. The van der Waals surface area contributed by atoms with E-state index in [1.807, 2.05) is 24.3 Å². The predicted molar refractivity (Wildman–Crippen MR) is 65.7 cm³/mol. The second kappa shape index (κ2) is 4.98. The van der Waals surface area contributed by atoms with E-state index in [0.717, 1.165) is 18.5 Å². The van der Waals surface area contributed by atoms with Crippen LogP contribution in [0.4, 0.5) is 0 Å². The molecule has 0 radical (unpaired) electrons. The molecule has 1 N–H and O–H groups in total. The first-order chi connectivity index (χ1) is 7.66. The van der Waals surface area contributed by atoms with Crippen LogP contribution >= 0.6 is 11.6 Å². The SMILES string of the molecule is CC1NCCC1C(=O)Cc1cccc(Cl)c1. The van der Waals surface area contributed by atoms with Crippen LogP contribution in [0.25, 0.3) is 0 Å². The highest BCUT2D eigenvalue weighted by Gasteiger charge is 2.28. The molecule has 1 fully saturated rings. The Balaban J connectivity index is 2.02. The normalized spacial score (nSPS) is 24.6. The monoisotopic (exact) mass is 237 g/mol. The van der Waals surface area contributed by atoms with Gasteiger partial charge in [0.05, 0.1) is 0 Å². The molecule has 1 aromatic carbocycles. The number of hydrogen-bond acceptors (Lipinski definition) is 2. The van der Waals surface area contributed by atoms with Crippen LogP contribution in [-0.2, 0) is 11.2 Å². The molecule has 1 aliphatic rings. The first-order valence-corrected chi connectivity index (χ1v) is 6.05. The van der Waals surface area contributed by atoms with Crippen molar-refractivity contribution in [2.75, 3.05) is 6.54 Å². The number of Topliss-reactive ketones (excluding diaryl/α,β-unsaturated/α-hetero) is 1. The first-order valence-electron chi connectivity index (χ1n) is 5.67. The fraction of sp³-hybridized carbons (Fsp3) is 0.462. The molecule has 1 aromatic rings. The second-order valence-electron chi connectivity index (χ2n) is 4.41. The molecule has 2 rings (SSSR count). The fourth-order valence-corrected chi connectivity index (χ4v) is 2.49. The number of nitrogens with one attached hydrogen (secondary N) is 1. The maximum Gasteiger partial charge on any atom is 0.141 e. The largest absolute Gasteiger partial charge is 0.314 e. The molecule has 1 saturated heterocycles. The fourth-order valence-electron chi connectivity index (χ4n) is 2.28. The number of rotatable bonds is 3. The molecule has 0 aromatic heterocycles. The summed E-state index contributed by atoms with van der Waals surface area (Å²) in [6, 6.07) is 7.85. The van der Waals surface area contributed by atoms with Gasteiger partial charge in [-0.05, 0) is 37.6 Å².